The molecule has 0 aliphatic rings. The molecule has 1 aromatic carbocycles. The number of hydrogen-bond acceptors (Lipinski definition) is 5. The molecule has 0 saturated carbocycles. The highest BCUT2D eigenvalue weighted by atomic mass is 35.5. The zero-order valence-electron chi connectivity index (χ0n) is 10.6. The number of amidine groups is 1. The van der Waals surface area contributed by atoms with Gasteiger partial charge in [0.25, 0.3) is 0 Å². The minimum atomic E-state index is 0.0736. The Bertz CT molecular complexity index is 649. The van der Waals surface area contributed by atoms with Crippen LogP contribution in [0.2, 0.25) is 5.02 Å². The molecule has 104 valence electrons. The van der Waals surface area contributed by atoms with Crippen LogP contribution in [0.3, 0.4) is 0 Å². The van der Waals surface area contributed by atoms with Gasteiger partial charge in [-0.25, -0.2) is 4.98 Å². The lowest BCUT2D eigenvalue weighted by molar-refractivity contribution is 0.318. The van der Waals surface area contributed by atoms with Gasteiger partial charge in [-0.1, -0.05) is 34.6 Å². The fourth-order valence-corrected chi connectivity index (χ4v) is 3.50. The smallest absolute Gasteiger partial charge is 0.172 e. The molecule has 0 bridgehead atoms. The number of halogens is 1. The summed E-state index contributed by atoms with van der Waals surface area (Å²) in [6, 6.07) is 9.28. The second-order valence-electron chi connectivity index (χ2n) is 3.71. The van der Waals surface area contributed by atoms with Crippen LogP contribution in [0.5, 0.6) is 0 Å². The Balaban J connectivity index is 2.49. The molecule has 0 amide bonds. The topological polar surface area (TPSA) is 71.5 Å². The number of nitrogens with two attached hydrogens (primary N) is 1. The Kier molecular flexibility index (Phi) is 5.17. The molecule has 0 radical (unpaired) electrons. The van der Waals surface area contributed by atoms with Crippen molar-refractivity contribution in [3.05, 3.63) is 47.1 Å². The van der Waals surface area contributed by atoms with Gasteiger partial charge in [-0.3, -0.25) is 0 Å². The first kappa shape index (κ1) is 15.0. The Hall–Kier alpha value is -1.37. The summed E-state index contributed by atoms with van der Waals surface area (Å²) in [5.74, 6) is 0.0736. The molecule has 0 saturated heterocycles. The van der Waals surface area contributed by atoms with Gasteiger partial charge in [0.05, 0.1) is 5.02 Å². The minimum Gasteiger partial charge on any atom is -0.409 e. The molecule has 2 rings (SSSR count). The molecule has 1 heterocycles. The predicted molar refractivity (Wildman–Crippen MR) is 84.1 cm³/mol. The van der Waals surface area contributed by atoms with Crippen LogP contribution in [0.25, 0.3) is 0 Å². The first-order valence-electron chi connectivity index (χ1n) is 5.60. The molecule has 0 spiro atoms. The van der Waals surface area contributed by atoms with Crippen molar-refractivity contribution >= 4 is 41.0 Å². The molecule has 3 N–H and O–H groups in total. The Morgan fingerprint density at radius 2 is 2.05 bits per heavy atom. The lowest BCUT2D eigenvalue weighted by atomic mass is 10.2. The van der Waals surface area contributed by atoms with E-state index in [2.05, 4.69) is 10.1 Å². The lowest BCUT2D eigenvalue weighted by Gasteiger charge is -2.12. The maximum atomic E-state index is 8.96. The number of nitrogens with zero attached hydrogens (tertiary/aromatic N) is 2. The summed E-state index contributed by atoms with van der Waals surface area (Å²) in [6.07, 6.45) is 3.61. The van der Waals surface area contributed by atoms with Crippen molar-refractivity contribution < 1.29 is 5.21 Å². The third-order valence-electron chi connectivity index (χ3n) is 2.50. The predicted octanol–water partition coefficient (Wildman–Crippen LogP) is 3.70. The molecule has 1 aromatic heterocycles. The van der Waals surface area contributed by atoms with E-state index >= 15 is 0 Å². The Labute approximate surface area is 130 Å². The maximum Gasteiger partial charge on any atom is 0.172 e. The normalized spacial score (nSPS) is 11.6. The van der Waals surface area contributed by atoms with E-state index in [1.165, 1.54) is 23.5 Å². The molecule has 0 aliphatic heterocycles. The quantitative estimate of drug-likeness (QED) is 0.295. The monoisotopic (exact) mass is 325 g/mol. The summed E-state index contributed by atoms with van der Waals surface area (Å²) < 4.78 is 0. The highest BCUT2D eigenvalue weighted by Crippen LogP contribution is 2.36. The van der Waals surface area contributed by atoms with Gasteiger partial charge in [0.15, 0.2) is 5.84 Å². The van der Waals surface area contributed by atoms with Crippen LogP contribution in [0.15, 0.2) is 56.5 Å². The summed E-state index contributed by atoms with van der Waals surface area (Å²) in [7, 11) is 0. The van der Waals surface area contributed by atoms with Crippen molar-refractivity contribution in [2.24, 2.45) is 10.9 Å². The SMILES string of the molecule is CSc1cccc(Sc2ncccc2Cl)c1/C(N)=N/O. The molecule has 20 heavy (non-hydrogen) atoms. The van der Waals surface area contributed by atoms with Crippen molar-refractivity contribution in [2.45, 2.75) is 14.8 Å². The van der Waals surface area contributed by atoms with E-state index in [0.717, 1.165) is 9.79 Å². The molecular formula is C13H12ClN3OS2. The van der Waals surface area contributed by atoms with Gasteiger partial charge >= 0.3 is 0 Å². The molecule has 0 aliphatic carbocycles. The number of oxime groups is 1. The highest BCUT2D eigenvalue weighted by Gasteiger charge is 2.15. The number of hydrogen-bond donors (Lipinski definition) is 2. The van der Waals surface area contributed by atoms with Gasteiger partial charge in [0.2, 0.25) is 0 Å². The van der Waals surface area contributed by atoms with Crippen LogP contribution in [-0.2, 0) is 0 Å². The second-order valence-corrected chi connectivity index (χ2v) is 6.00. The summed E-state index contributed by atoms with van der Waals surface area (Å²) in [4.78, 5) is 6.00. The first-order valence-corrected chi connectivity index (χ1v) is 8.02. The Morgan fingerprint density at radius 3 is 2.70 bits per heavy atom. The van der Waals surface area contributed by atoms with E-state index in [1.807, 2.05) is 24.5 Å². The summed E-state index contributed by atoms with van der Waals surface area (Å²) in [6.45, 7) is 0. The van der Waals surface area contributed by atoms with E-state index in [1.54, 1.807) is 18.3 Å². The number of benzene rings is 1. The van der Waals surface area contributed by atoms with Crippen molar-refractivity contribution in [3.63, 3.8) is 0 Å². The van der Waals surface area contributed by atoms with Crippen molar-refractivity contribution in [3.8, 4) is 0 Å². The molecule has 4 nitrogen and oxygen atoms in total. The summed E-state index contributed by atoms with van der Waals surface area (Å²) in [5, 5.41) is 13.3. The summed E-state index contributed by atoms with van der Waals surface area (Å²) >= 11 is 9.03. The van der Waals surface area contributed by atoms with Crippen LogP contribution in [-0.4, -0.2) is 22.3 Å². The third kappa shape index (κ3) is 3.20. The second kappa shape index (κ2) is 6.88. The first-order chi connectivity index (χ1) is 9.67. The molecule has 0 fully saturated rings. The van der Waals surface area contributed by atoms with Gasteiger partial charge in [0.1, 0.15) is 5.03 Å². The van der Waals surface area contributed by atoms with E-state index in [4.69, 9.17) is 22.5 Å². The maximum absolute atomic E-state index is 8.96. The van der Waals surface area contributed by atoms with E-state index in [-0.39, 0.29) is 5.84 Å². The van der Waals surface area contributed by atoms with Crippen molar-refractivity contribution in [1.29, 1.82) is 0 Å². The Morgan fingerprint density at radius 1 is 1.30 bits per heavy atom. The van der Waals surface area contributed by atoms with Gasteiger partial charge in [-0.15, -0.1) is 11.8 Å². The van der Waals surface area contributed by atoms with Gasteiger partial charge in [-0.2, -0.15) is 0 Å². The average Bonchev–Trinajstić information content (AvgIpc) is 2.48. The lowest BCUT2D eigenvalue weighted by Crippen LogP contribution is -2.15. The van der Waals surface area contributed by atoms with E-state index < -0.39 is 0 Å². The molecular weight excluding hydrogens is 314 g/mol. The third-order valence-corrected chi connectivity index (χ3v) is 4.78. The van der Waals surface area contributed by atoms with Crippen molar-refractivity contribution in [2.75, 3.05) is 6.26 Å². The van der Waals surface area contributed by atoms with Crippen LogP contribution < -0.4 is 5.73 Å². The van der Waals surface area contributed by atoms with E-state index in [0.29, 0.717) is 15.6 Å². The molecule has 0 atom stereocenters. The van der Waals surface area contributed by atoms with Gasteiger partial charge in [-0.05, 0) is 30.5 Å². The number of aromatic nitrogens is 1. The number of pyridine rings is 1. The van der Waals surface area contributed by atoms with Crippen LogP contribution in [0, 0.1) is 0 Å². The zero-order chi connectivity index (χ0) is 14.5. The van der Waals surface area contributed by atoms with Crippen LogP contribution in [0.4, 0.5) is 0 Å². The largest absolute Gasteiger partial charge is 0.409 e. The van der Waals surface area contributed by atoms with Crippen molar-refractivity contribution in [1.82, 2.24) is 4.98 Å². The fourth-order valence-electron chi connectivity index (χ4n) is 1.62. The van der Waals surface area contributed by atoms with Gasteiger partial charge in [0, 0.05) is 21.6 Å². The zero-order valence-corrected chi connectivity index (χ0v) is 13.0. The number of thioether (sulfide) groups is 1. The van der Waals surface area contributed by atoms with Crippen LogP contribution >= 0.6 is 35.1 Å². The summed E-state index contributed by atoms with van der Waals surface area (Å²) in [5.41, 5.74) is 6.47. The van der Waals surface area contributed by atoms with Crippen LogP contribution in [0.1, 0.15) is 5.56 Å². The minimum absolute atomic E-state index is 0.0736. The van der Waals surface area contributed by atoms with Gasteiger partial charge < -0.3 is 10.9 Å². The molecule has 0 unspecified atom stereocenters. The van der Waals surface area contributed by atoms with E-state index in [9.17, 15) is 0 Å². The highest BCUT2D eigenvalue weighted by molar-refractivity contribution is 8.00. The fraction of sp³-hybridized carbons (Fsp3) is 0.0769. The molecule has 7 heteroatoms. The standard InChI is InChI=1S/C13H12ClN3OS2/c1-19-9-5-2-6-10(11(9)12(15)17-18)20-13-8(14)4-3-7-16-13/h2-7,18H,1H3,(H2,15,17). The molecule has 2 aromatic rings. The average molecular weight is 326 g/mol. The number of rotatable bonds is 4.